The van der Waals surface area contributed by atoms with Crippen LogP contribution in [-0.4, -0.2) is 22.6 Å². The van der Waals surface area contributed by atoms with Crippen LogP contribution in [0.2, 0.25) is 0 Å². The van der Waals surface area contributed by atoms with Crippen LogP contribution in [0.4, 0.5) is 4.39 Å². The first-order valence-corrected chi connectivity index (χ1v) is 6.26. The molecule has 0 saturated heterocycles. The summed E-state index contributed by atoms with van der Waals surface area (Å²) in [6.07, 6.45) is 0.0205. The van der Waals surface area contributed by atoms with Crippen LogP contribution in [0.3, 0.4) is 0 Å². The molecule has 1 aromatic carbocycles. The Morgan fingerprint density at radius 2 is 2.12 bits per heavy atom. The van der Waals surface area contributed by atoms with Crippen molar-refractivity contribution in [2.75, 3.05) is 12.4 Å². The van der Waals surface area contributed by atoms with E-state index in [2.05, 4.69) is 0 Å². The highest BCUT2D eigenvalue weighted by molar-refractivity contribution is 7.99. The molecule has 4 heteroatoms. The van der Waals surface area contributed by atoms with E-state index in [0.717, 1.165) is 10.6 Å². The van der Waals surface area contributed by atoms with Crippen LogP contribution in [-0.2, 0) is 0 Å². The molecular formula is C12H17FO2S. The fourth-order valence-electron chi connectivity index (χ4n) is 1.37. The molecule has 0 radical (unpaired) electrons. The molecule has 0 heterocycles. The van der Waals surface area contributed by atoms with Crippen LogP contribution >= 0.6 is 11.8 Å². The van der Waals surface area contributed by atoms with Crippen LogP contribution in [0.15, 0.2) is 17.0 Å². The van der Waals surface area contributed by atoms with Crippen LogP contribution in [0.1, 0.15) is 30.6 Å². The average molecular weight is 244 g/mol. The third-order valence-electron chi connectivity index (χ3n) is 2.30. The van der Waals surface area contributed by atoms with Crippen molar-refractivity contribution in [3.63, 3.8) is 0 Å². The Bertz CT molecular complexity index is 353. The second-order valence-corrected chi connectivity index (χ2v) is 4.88. The van der Waals surface area contributed by atoms with Gasteiger partial charge in [-0.2, -0.15) is 0 Å². The lowest BCUT2D eigenvalue weighted by atomic mass is 10.1. The van der Waals surface area contributed by atoms with E-state index in [1.807, 2.05) is 0 Å². The second-order valence-electron chi connectivity index (χ2n) is 3.74. The van der Waals surface area contributed by atoms with Gasteiger partial charge in [-0.05, 0) is 43.5 Å². The first kappa shape index (κ1) is 13.5. The summed E-state index contributed by atoms with van der Waals surface area (Å²) in [6.45, 7) is 3.48. The highest BCUT2D eigenvalue weighted by atomic mass is 32.2. The average Bonchev–Trinajstić information content (AvgIpc) is 2.23. The van der Waals surface area contributed by atoms with Crippen molar-refractivity contribution in [1.29, 1.82) is 0 Å². The van der Waals surface area contributed by atoms with Crippen LogP contribution in [0.5, 0.6) is 0 Å². The predicted molar refractivity (Wildman–Crippen MR) is 64.2 cm³/mol. The van der Waals surface area contributed by atoms with Gasteiger partial charge in [-0.25, -0.2) is 4.39 Å². The minimum absolute atomic E-state index is 0.150. The van der Waals surface area contributed by atoms with Crippen LogP contribution in [0.25, 0.3) is 0 Å². The molecule has 1 atom stereocenters. The van der Waals surface area contributed by atoms with Gasteiger partial charge in [-0.3, -0.25) is 0 Å². The molecule has 90 valence electrons. The summed E-state index contributed by atoms with van der Waals surface area (Å²) in [5, 5.41) is 18.2. The molecule has 0 fully saturated rings. The van der Waals surface area contributed by atoms with Gasteiger partial charge in [-0.1, -0.05) is 0 Å². The smallest absolute Gasteiger partial charge is 0.126 e. The van der Waals surface area contributed by atoms with Gasteiger partial charge in [0.25, 0.3) is 0 Å². The molecule has 2 nitrogen and oxygen atoms in total. The predicted octanol–water partition coefficient (Wildman–Crippen LogP) is 2.66. The molecule has 0 amide bonds. The lowest BCUT2D eigenvalue weighted by molar-refractivity contribution is 0.196. The molecule has 1 unspecified atom stereocenters. The zero-order chi connectivity index (χ0) is 12.1. The molecule has 0 aromatic heterocycles. The maximum absolute atomic E-state index is 13.3. The largest absolute Gasteiger partial charge is 0.396 e. The maximum atomic E-state index is 13.3. The van der Waals surface area contributed by atoms with E-state index in [9.17, 15) is 9.50 Å². The topological polar surface area (TPSA) is 40.5 Å². The van der Waals surface area contributed by atoms with Gasteiger partial charge in [0.2, 0.25) is 0 Å². The summed E-state index contributed by atoms with van der Waals surface area (Å²) in [4.78, 5) is 0.891. The minimum atomic E-state index is -0.674. The number of aliphatic hydroxyl groups excluding tert-OH is 2. The summed E-state index contributed by atoms with van der Waals surface area (Å²) in [6, 6.07) is 3.14. The van der Waals surface area contributed by atoms with Crippen LogP contribution < -0.4 is 0 Å². The number of hydrogen-bond acceptors (Lipinski definition) is 3. The van der Waals surface area contributed by atoms with E-state index in [1.54, 1.807) is 19.9 Å². The number of halogens is 1. The number of benzene rings is 1. The molecule has 0 spiro atoms. The standard InChI is InChI=1S/C12H17FO2S/c1-8-6-12(16-5-3-4-14)10(9(2)15)7-11(8)13/h6-7,9,14-15H,3-5H2,1-2H3. The second kappa shape index (κ2) is 6.23. The Balaban J connectivity index is 2.91. The number of rotatable bonds is 5. The van der Waals surface area contributed by atoms with Crippen molar-refractivity contribution in [2.45, 2.75) is 31.3 Å². The fourth-order valence-corrected chi connectivity index (χ4v) is 2.52. The van der Waals surface area contributed by atoms with E-state index < -0.39 is 6.10 Å². The van der Waals surface area contributed by atoms with Gasteiger partial charge in [0.1, 0.15) is 5.82 Å². The van der Waals surface area contributed by atoms with Gasteiger partial charge >= 0.3 is 0 Å². The maximum Gasteiger partial charge on any atom is 0.126 e. The van der Waals surface area contributed by atoms with Crippen molar-refractivity contribution in [2.24, 2.45) is 0 Å². The zero-order valence-electron chi connectivity index (χ0n) is 9.53. The van der Waals surface area contributed by atoms with Crippen molar-refractivity contribution in [3.05, 3.63) is 29.1 Å². The van der Waals surface area contributed by atoms with Gasteiger partial charge in [0.05, 0.1) is 6.10 Å². The Kier molecular flexibility index (Phi) is 5.25. The molecule has 1 rings (SSSR count). The van der Waals surface area contributed by atoms with Crippen LogP contribution in [0, 0.1) is 12.7 Å². The SMILES string of the molecule is Cc1cc(SCCCO)c(C(C)O)cc1F. The van der Waals surface area contributed by atoms with E-state index in [0.29, 0.717) is 17.5 Å². The van der Waals surface area contributed by atoms with Crippen molar-refractivity contribution >= 4 is 11.8 Å². The molecular weight excluding hydrogens is 227 g/mol. The zero-order valence-corrected chi connectivity index (χ0v) is 10.4. The van der Waals surface area contributed by atoms with Gasteiger partial charge in [-0.15, -0.1) is 11.8 Å². The van der Waals surface area contributed by atoms with E-state index >= 15 is 0 Å². The Labute approximate surface area is 99.5 Å². The monoisotopic (exact) mass is 244 g/mol. The summed E-state index contributed by atoms with van der Waals surface area (Å²) in [5.41, 5.74) is 1.20. The van der Waals surface area contributed by atoms with Gasteiger partial charge < -0.3 is 10.2 Å². The minimum Gasteiger partial charge on any atom is -0.396 e. The third-order valence-corrected chi connectivity index (χ3v) is 3.46. The van der Waals surface area contributed by atoms with E-state index in [4.69, 9.17) is 5.11 Å². The molecule has 0 aliphatic carbocycles. The Hall–Kier alpha value is -0.580. The fraction of sp³-hybridized carbons (Fsp3) is 0.500. The molecule has 2 N–H and O–H groups in total. The normalized spacial score (nSPS) is 12.8. The summed E-state index contributed by atoms with van der Waals surface area (Å²) in [5.74, 6) is 0.476. The number of aryl methyl sites for hydroxylation is 1. The third kappa shape index (κ3) is 3.47. The number of thioether (sulfide) groups is 1. The van der Waals surface area contributed by atoms with Gasteiger partial charge in [0.15, 0.2) is 0 Å². The first-order chi connectivity index (χ1) is 7.56. The molecule has 1 aromatic rings. The molecule has 0 saturated carbocycles. The quantitative estimate of drug-likeness (QED) is 0.618. The van der Waals surface area contributed by atoms with E-state index in [1.165, 1.54) is 17.8 Å². The Morgan fingerprint density at radius 3 is 2.69 bits per heavy atom. The number of aliphatic hydroxyl groups is 2. The lowest BCUT2D eigenvalue weighted by Gasteiger charge is -2.13. The molecule has 0 aliphatic rings. The first-order valence-electron chi connectivity index (χ1n) is 5.28. The molecule has 0 aliphatic heterocycles. The lowest BCUT2D eigenvalue weighted by Crippen LogP contribution is -1.98. The Morgan fingerprint density at radius 1 is 1.44 bits per heavy atom. The van der Waals surface area contributed by atoms with Crippen molar-refractivity contribution in [1.82, 2.24) is 0 Å². The van der Waals surface area contributed by atoms with Crippen molar-refractivity contribution in [3.8, 4) is 0 Å². The molecule has 16 heavy (non-hydrogen) atoms. The van der Waals surface area contributed by atoms with E-state index in [-0.39, 0.29) is 12.4 Å². The van der Waals surface area contributed by atoms with Crippen molar-refractivity contribution < 1.29 is 14.6 Å². The molecule has 0 bridgehead atoms. The summed E-state index contributed by atoms with van der Waals surface area (Å²) in [7, 11) is 0. The highest BCUT2D eigenvalue weighted by Gasteiger charge is 2.11. The summed E-state index contributed by atoms with van der Waals surface area (Å²) < 4.78 is 13.3. The summed E-state index contributed by atoms with van der Waals surface area (Å²) >= 11 is 1.54. The highest BCUT2D eigenvalue weighted by Crippen LogP contribution is 2.30. The number of hydrogen-bond donors (Lipinski definition) is 2. The van der Waals surface area contributed by atoms with Gasteiger partial charge in [0, 0.05) is 17.3 Å².